The second-order valence-corrected chi connectivity index (χ2v) is 3.99. The third-order valence-corrected chi connectivity index (χ3v) is 2.36. The zero-order chi connectivity index (χ0) is 13.2. The van der Waals surface area contributed by atoms with Crippen LogP contribution in [0.25, 0.3) is 0 Å². The van der Waals surface area contributed by atoms with Gasteiger partial charge in [0, 0.05) is 12.8 Å². The van der Waals surface area contributed by atoms with E-state index in [4.69, 9.17) is 4.74 Å². The highest BCUT2D eigenvalue weighted by molar-refractivity contribution is 5.92. The van der Waals surface area contributed by atoms with Crippen molar-refractivity contribution in [2.24, 2.45) is 0 Å². The number of para-hydroxylation sites is 1. The van der Waals surface area contributed by atoms with Crippen LogP contribution in [-0.2, 0) is 9.53 Å². The number of benzene rings is 1. The van der Waals surface area contributed by atoms with Gasteiger partial charge in [0.1, 0.15) is 0 Å². The molecule has 0 aliphatic rings. The molecule has 0 aliphatic heterocycles. The Labute approximate surface area is 107 Å². The highest BCUT2D eigenvalue weighted by atomic mass is 16.5. The fourth-order valence-corrected chi connectivity index (χ4v) is 1.47. The first-order chi connectivity index (χ1) is 8.72. The topological polar surface area (TPSA) is 70.6 Å². The number of aliphatic hydroxyl groups is 1. The van der Waals surface area contributed by atoms with Crippen molar-refractivity contribution in [3.05, 3.63) is 30.3 Å². The van der Waals surface area contributed by atoms with E-state index in [9.17, 15) is 9.90 Å². The summed E-state index contributed by atoms with van der Waals surface area (Å²) < 4.78 is 4.80. The highest BCUT2D eigenvalue weighted by Crippen LogP contribution is 2.03. The van der Waals surface area contributed by atoms with Crippen LogP contribution in [0.5, 0.6) is 0 Å². The van der Waals surface area contributed by atoms with Crippen molar-refractivity contribution in [1.29, 1.82) is 0 Å². The Balaban J connectivity index is 2.11. The van der Waals surface area contributed by atoms with E-state index in [0.29, 0.717) is 19.6 Å². The molecule has 0 fully saturated rings. The molecule has 18 heavy (non-hydrogen) atoms. The standard InChI is InChI=1S/C13H20N2O3/c1-18-10-12(16)7-8-14-9-13(17)15-11-5-3-2-4-6-11/h2-6,12,14,16H,7-10H2,1H3,(H,15,17). The van der Waals surface area contributed by atoms with Crippen LogP contribution in [0.1, 0.15) is 6.42 Å². The van der Waals surface area contributed by atoms with E-state index < -0.39 is 6.10 Å². The summed E-state index contributed by atoms with van der Waals surface area (Å²) in [5.74, 6) is -0.0950. The molecular formula is C13H20N2O3. The van der Waals surface area contributed by atoms with Crippen molar-refractivity contribution >= 4 is 11.6 Å². The largest absolute Gasteiger partial charge is 0.391 e. The van der Waals surface area contributed by atoms with Gasteiger partial charge in [-0.1, -0.05) is 18.2 Å². The van der Waals surface area contributed by atoms with Crippen molar-refractivity contribution in [3.8, 4) is 0 Å². The molecule has 0 saturated heterocycles. The summed E-state index contributed by atoms with van der Waals surface area (Å²) in [5.41, 5.74) is 0.781. The van der Waals surface area contributed by atoms with Crippen LogP contribution in [0, 0.1) is 0 Å². The minimum absolute atomic E-state index is 0.0950. The van der Waals surface area contributed by atoms with Gasteiger partial charge in [-0.3, -0.25) is 4.79 Å². The van der Waals surface area contributed by atoms with E-state index in [1.807, 2.05) is 30.3 Å². The zero-order valence-corrected chi connectivity index (χ0v) is 10.6. The highest BCUT2D eigenvalue weighted by Gasteiger charge is 2.04. The molecule has 0 saturated carbocycles. The van der Waals surface area contributed by atoms with Gasteiger partial charge in [-0.2, -0.15) is 0 Å². The number of hydrogen-bond acceptors (Lipinski definition) is 4. The van der Waals surface area contributed by atoms with Gasteiger partial charge < -0.3 is 20.5 Å². The Bertz CT molecular complexity index is 343. The number of nitrogens with one attached hydrogen (secondary N) is 2. The molecule has 0 bridgehead atoms. The Kier molecular flexibility index (Phi) is 7.01. The van der Waals surface area contributed by atoms with E-state index >= 15 is 0 Å². The molecule has 1 aromatic rings. The Morgan fingerprint density at radius 1 is 1.39 bits per heavy atom. The summed E-state index contributed by atoms with van der Waals surface area (Å²) in [6, 6.07) is 9.29. The first-order valence-electron chi connectivity index (χ1n) is 5.95. The van der Waals surface area contributed by atoms with Crippen molar-refractivity contribution in [1.82, 2.24) is 5.32 Å². The van der Waals surface area contributed by atoms with Crippen LogP contribution in [0.4, 0.5) is 5.69 Å². The van der Waals surface area contributed by atoms with Gasteiger partial charge in [0.05, 0.1) is 19.3 Å². The molecule has 0 heterocycles. The van der Waals surface area contributed by atoms with Crippen LogP contribution in [0.2, 0.25) is 0 Å². The van der Waals surface area contributed by atoms with E-state index in [1.54, 1.807) is 7.11 Å². The molecule has 100 valence electrons. The van der Waals surface area contributed by atoms with Crippen molar-refractivity contribution in [3.63, 3.8) is 0 Å². The van der Waals surface area contributed by atoms with Crippen molar-refractivity contribution in [2.75, 3.05) is 32.1 Å². The number of carbonyl (C=O) groups is 1. The SMILES string of the molecule is COCC(O)CCNCC(=O)Nc1ccccc1. The second kappa shape index (κ2) is 8.63. The number of anilines is 1. The lowest BCUT2D eigenvalue weighted by Gasteiger charge is -2.10. The monoisotopic (exact) mass is 252 g/mol. The summed E-state index contributed by atoms with van der Waals surface area (Å²) in [6.45, 7) is 1.12. The Hall–Kier alpha value is -1.43. The lowest BCUT2D eigenvalue weighted by Crippen LogP contribution is -2.31. The normalized spacial score (nSPS) is 12.1. The van der Waals surface area contributed by atoms with Crippen LogP contribution in [-0.4, -0.2) is 43.9 Å². The molecule has 1 unspecified atom stereocenters. The molecule has 0 radical (unpaired) electrons. The fourth-order valence-electron chi connectivity index (χ4n) is 1.47. The lowest BCUT2D eigenvalue weighted by molar-refractivity contribution is -0.115. The van der Waals surface area contributed by atoms with Gasteiger partial charge in [0.15, 0.2) is 0 Å². The van der Waals surface area contributed by atoms with E-state index in [1.165, 1.54) is 0 Å². The first-order valence-corrected chi connectivity index (χ1v) is 5.95. The van der Waals surface area contributed by atoms with Crippen molar-refractivity contribution in [2.45, 2.75) is 12.5 Å². The van der Waals surface area contributed by atoms with E-state index in [2.05, 4.69) is 10.6 Å². The predicted molar refractivity (Wildman–Crippen MR) is 70.4 cm³/mol. The summed E-state index contributed by atoms with van der Waals surface area (Å²) >= 11 is 0. The minimum atomic E-state index is -0.486. The van der Waals surface area contributed by atoms with Gasteiger partial charge in [-0.15, -0.1) is 0 Å². The fraction of sp³-hybridized carbons (Fsp3) is 0.462. The molecule has 0 aromatic heterocycles. The number of amides is 1. The Morgan fingerprint density at radius 3 is 2.78 bits per heavy atom. The minimum Gasteiger partial charge on any atom is -0.391 e. The summed E-state index contributed by atoms with van der Waals surface area (Å²) in [7, 11) is 1.55. The number of rotatable bonds is 8. The van der Waals surface area contributed by atoms with Gasteiger partial charge in [0.25, 0.3) is 0 Å². The Morgan fingerprint density at radius 2 is 2.11 bits per heavy atom. The molecule has 0 aliphatic carbocycles. The maximum absolute atomic E-state index is 11.5. The van der Waals surface area contributed by atoms with Gasteiger partial charge in [-0.05, 0) is 25.1 Å². The van der Waals surface area contributed by atoms with E-state index in [-0.39, 0.29) is 12.5 Å². The molecule has 0 spiro atoms. The molecule has 1 amide bonds. The maximum atomic E-state index is 11.5. The number of carbonyl (C=O) groups excluding carboxylic acids is 1. The first kappa shape index (κ1) is 14.6. The number of aliphatic hydroxyl groups excluding tert-OH is 1. The number of ether oxygens (including phenoxy) is 1. The summed E-state index contributed by atoms with van der Waals surface area (Å²) in [4.78, 5) is 11.5. The van der Waals surface area contributed by atoms with Gasteiger partial charge >= 0.3 is 0 Å². The molecular weight excluding hydrogens is 232 g/mol. The van der Waals surface area contributed by atoms with Gasteiger partial charge in [0.2, 0.25) is 5.91 Å². The molecule has 1 atom stereocenters. The third-order valence-electron chi connectivity index (χ3n) is 2.36. The number of methoxy groups -OCH3 is 1. The lowest BCUT2D eigenvalue weighted by atomic mass is 10.2. The third kappa shape index (κ3) is 6.34. The van der Waals surface area contributed by atoms with E-state index in [0.717, 1.165) is 5.69 Å². The summed E-state index contributed by atoms with van der Waals surface area (Å²) in [6.07, 6.45) is 0.0756. The molecule has 1 rings (SSSR count). The van der Waals surface area contributed by atoms with Crippen molar-refractivity contribution < 1.29 is 14.6 Å². The van der Waals surface area contributed by atoms with Crippen LogP contribution in [0.15, 0.2) is 30.3 Å². The molecule has 3 N–H and O–H groups in total. The molecule has 5 nitrogen and oxygen atoms in total. The maximum Gasteiger partial charge on any atom is 0.238 e. The number of hydrogen-bond donors (Lipinski definition) is 3. The van der Waals surface area contributed by atoms with Crippen LogP contribution in [0.3, 0.4) is 0 Å². The molecule has 1 aromatic carbocycles. The van der Waals surface area contributed by atoms with Crippen LogP contribution >= 0.6 is 0 Å². The molecule has 5 heteroatoms. The summed E-state index contributed by atoms with van der Waals surface area (Å²) in [5, 5.41) is 15.1. The average Bonchev–Trinajstić information content (AvgIpc) is 2.36. The predicted octanol–water partition coefficient (Wildman–Crippen LogP) is 0.612. The quantitative estimate of drug-likeness (QED) is 0.593. The second-order valence-electron chi connectivity index (χ2n) is 3.99. The average molecular weight is 252 g/mol. The zero-order valence-electron chi connectivity index (χ0n) is 10.6. The van der Waals surface area contributed by atoms with Gasteiger partial charge in [-0.25, -0.2) is 0 Å². The smallest absolute Gasteiger partial charge is 0.238 e. The van der Waals surface area contributed by atoms with Crippen LogP contribution < -0.4 is 10.6 Å².